The molecule has 0 aromatic carbocycles. The fraction of sp³-hybridized carbons (Fsp3) is 0.444. The van der Waals surface area contributed by atoms with Crippen molar-refractivity contribution in [3.8, 4) is 0 Å². The van der Waals surface area contributed by atoms with Gasteiger partial charge in [-0.05, 0) is 11.4 Å². The first kappa shape index (κ1) is 10.4. The molecule has 1 aromatic rings. The van der Waals surface area contributed by atoms with Crippen molar-refractivity contribution < 1.29 is 14.3 Å². The van der Waals surface area contributed by atoms with Crippen molar-refractivity contribution in [3.63, 3.8) is 0 Å². The van der Waals surface area contributed by atoms with E-state index in [9.17, 15) is 4.79 Å². The monoisotopic (exact) mass is 200 g/mol. The maximum atomic E-state index is 11.4. The number of thiophene rings is 1. The minimum absolute atomic E-state index is 0.0487. The third kappa shape index (κ3) is 2.91. The maximum Gasteiger partial charge on any atom is 0.217 e. The van der Waals surface area contributed by atoms with Gasteiger partial charge in [-0.25, -0.2) is 0 Å². The molecule has 72 valence electrons. The highest BCUT2D eigenvalue weighted by Gasteiger charge is 2.16. The van der Waals surface area contributed by atoms with Crippen LogP contribution in [-0.2, 0) is 20.7 Å². The molecule has 0 radical (unpaired) electrons. The Bertz CT molecular complexity index is 252. The molecule has 1 rings (SSSR count). The lowest BCUT2D eigenvalue weighted by Gasteiger charge is -2.10. The molecule has 0 spiro atoms. The van der Waals surface area contributed by atoms with E-state index in [-0.39, 0.29) is 5.78 Å². The average Bonchev–Trinajstić information content (AvgIpc) is 2.59. The number of carbonyl (C=O) groups is 1. The molecule has 0 atom stereocenters. The van der Waals surface area contributed by atoms with Crippen LogP contribution in [0, 0.1) is 0 Å². The average molecular weight is 200 g/mol. The van der Waals surface area contributed by atoms with E-state index >= 15 is 0 Å². The molecule has 0 N–H and O–H groups in total. The van der Waals surface area contributed by atoms with Crippen LogP contribution in [0.2, 0.25) is 0 Å². The van der Waals surface area contributed by atoms with Gasteiger partial charge in [0.1, 0.15) is 0 Å². The van der Waals surface area contributed by atoms with E-state index in [1.807, 2.05) is 17.5 Å². The minimum atomic E-state index is -0.734. The van der Waals surface area contributed by atoms with Gasteiger partial charge >= 0.3 is 0 Å². The van der Waals surface area contributed by atoms with Crippen LogP contribution in [0.5, 0.6) is 0 Å². The van der Waals surface area contributed by atoms with Crippen molar-refractivity contribution in [3.05, 3.63) is 22.4 Å². The van der Waals surface area contributed by atoms with Crippen LogP contribution in [0.1, 0.15) is 4.88 Å². The van der Waals surface area contributed by atoms with Crippen molar-refractivity contribution in [2.24, 2.45) is 0 Å². The lowest BCUT2D eigenvalue weighted by molar-refractivity contribution is -0.155. The smallest absolute Gasteiger partial charge is 0.217 e. The molecule has 13 heavy (non-hydrogen) atoms. The van der Waals surface area contributed by atoms with Gasteiger partial charge in [0, 0.05) is 25.5 Å². The summed E-state index contributed by atoms with van der Waals surface area (Å²) in [5, 5.41) is 1.94. The zero-order chi connectivity index (χ0) is 9.68. The van der Waals surface area contributed by atoms with Crippen LogP contribution >= 0.6 is 11.3 Å². The molecule has 0 unspecified atom stereocenters. The standard InChI is InChI=1S/C9H12O3S/c1-11-9(12-2)8(10)6-7-4-3-5-13-7/h3-5,9H,6H2,1-2H3. The van der Waals surface area contributed by atoms with Crippen LogP contribution in [0.3, 0.4) is 0 Å². The normalized spacial score (nSPS) is 10.7. The highest BCUT2D eigenvalue weighted by atomic mass is 32.1. The van der Waals surface area contributed by atoms with Gasteiger partial charge in [-0.3, -0.25) is 4.79 Å². The van der Waals surface area contributed by atoms with Gasteiger partial charge in [-0.2, -0.15) is 0 Å². The molecule has 0 aliphatic carbocycles. The molecule has 4 heteroatoms. The molecule has 0 saturated heterocycles. The molecule has 0 bridgehead atoms. The zero-order valence-electron chi connectivity index (χ0n) is 7.65. The Kier molecular flexibility index (Phi) is 4.08. The molecule has 0 fully saturated rings. The van der Waals surface area contributed by atoms with Gasteiger partial charge < -0.3 is 9.47 Å². The SMILES string of the molecule is COC(OC)C(=O)Cc1cccs1. The minimum Gasteiger partial charge on any atom is -0.349 e. The Morgan fingerprint density at radius 2 is 2.23 bits per heavy atom. The van der Waals surface area contributed by atoms with Crippen molar-refractivity contribution in [1.82, 2.24) is 0 Å². The van der Waals surface area contributed by atoms with Crippen LogP contribution in [0.25, 0.3) is 0 Å². The van der Waals surface area contributed by atoms with Crippen LogP contribution in [0.15, 0.2) is 17.5 Å². The van der Waals surface area contributed by atoms with Gasteiger partial charge in [0.15, 0.2) is 5.78 Å². The number of hydrogen-bond donors (Lipinski definition) is 0. The fourth-order valence-corrected chi connectivity index (χ4v) is 1.74. The van der Waals surface area contributed by atoms with E-state index < -0.39 is 6.29 Å². The second-order valence-corrected chi connectivity index (χ2v) is 3.56. The number of methoxy groups -OCH3 is 2. The van der Waals surface area contributed by atoms with E-state index in [0.717, 1.165) is 4.88 Å². The van der Waals surface area contributed by atoms with Crippen LogP contribution in [-0.4, -0.2) is 26.3 Å². The summed E-state index contributed by atoms with van der Waals surface area (Å²) in [6.45, 7) is 0. The van der Waals surface area contributed by atoms with Crippen molar-refractivity contribution in [2.45, 2.75) is 12.7 Å². The first-order valence-corrected chi connectivity index (χ1v) is 4.76. The number of rotatable bonds is 5. The molecule has 0 aliphatic heterocycles. The van der Waals surface area contributed by atoms with E-state index in [0.29, 0.717) is 6.42 Å². The Labute approximate surface area is 81.3 Å². The lowest BCUT2D eigenvalue weighted by Crippen LogP contribution is -2.26. The maximum absolute atomic E-state index is 11.4. The first-order chi connectivity index (χ1) is 6.27. The van der Waals surface area contributed by atoms with Crippen molar-refractivity contribution in [2.75, 3.05) is 14.2 Å². The number of ketones is 1. The number of ether oxygens (including phenoxy) is 2. The highest BCUT2D eigenvalue weighted by Crippen LogP contribution is 2.11. The number of hydrogen-bond acceptors (Lipinski definition) is 4. The topological polar surface area (TPSA) is 35.5 Å². The van der Waals surface area contributed by atoms with E-state index in [2.05, 4.69) is 0 Å². The van der Waals surface area contributed by atoms with Gasteiger partial charge in [-0.1, -0.05) is 6.07 Å². The molecule has 1 heterocycles. The largest absolute Gasteiger partial charge is 0.349 e. The van der Waals surface area contributed by atoms with E-state index in [4.69, 9.17) is 9.47 Å². The third-order valence-electron chi connectivity index (χ3n) is 1.62. The summed E-state index contributed by atoms with van der Waals surface area (Å²) in [4.78, 5) is 12.5. The molecule has 0 saturated carbocycles. The second-order valence-electron chi connectivity index (χ2n) is 2.53. The zero-order valence-corrected chi connectivity index (χ0v) is 8.47. The Hall–Kier alpha value is -0.710. The van der Waals surface area contributed by atoms with Crippen LogP contribution < -0.4 is 0 Å². The summed E-state index contributed by atoms with van der Waals surface area (Å²) in [7, 11) is 2.92. The quantitative estimate of drug-likeness (QED) is 0.675. The molecule has 0 amide bonds. The Morgan fingerprint density at radius 3 is 2.69 bits per heavy atom. The van der Waals surface area contributed by atoms with Crippen molar-refractivity contribution >= 4 is 17.1 Å². The van der Waals surface area contributed by atoms with Gasteiger partial charge in [-0.15, -0.1) is 11.3 Å². The molecule has 1 aromatic heterocycles. The lowest BCUT2D eigenvalue weighted by atomic mass is 10.2. The summed E-state index contributed by atoms with van der Waals surface area (Å²) in [5.41, 5.74) is 0. The second kappa shape index (κ2) is 5.11. The van der Waals surface area contributed by atoms with Gasteiger partial charge in [0.05, 0.1) is 0 Å². The Morgan fingerprint density at radius 1 is 1.54 bits per heavy atom. The summed E-state index contributed by atoms with van der Waals surface area (Å²) in [5.74, 6) is -0.0487. The molecular weight excluding hydrogens is 188 g/mol. The summed E-state index contributed by atoms with van der Waals surface area (Å²) < 4.78 is 9.69. The third-order valence-corrected chi connectivity index (χ3v) is 2.50. The molecular formula is C9H12O3S. The first-order valence-electron chi connectivity index (χ1n) is 3.88. The molecule has 3 nitrogen and oxygen atoms in total. The number of Topliss-reactive ketones (excluding diaryl/α,β-unsaturated/α-hetero) is 1. The van der Waals surface area contributed by atoms with Crippen molar-refractivity contribution in [1.29, 1.82) is 0 Å². The fourth-order valence-electron chi connectivity index (χ4n) is 1.03. The predicted octanol–water partition coefficient (Wildman–Crippen LogP) is 1.48. The van der Waals surface area contributed by atoms with Gasteiger partial charge in [0.25, 0.3) is 0 Å². The summed E-state index contributed by atoms with van der Waals surface area (Å²) in [6, 6.07) is 3.84. The highest BCUT2D eigenvalue weighted by molar-refractivity contribution is 7.10. The summed E-state index contributed by atoms with van der Waals surface area (Å²) in [6.07, 6.45) is -0.355. The van der Waals surface area contributed by atoms with E-state index in [1.165, 1.54) is 14.2 Å². The molecule has 0 aliphatic rings. The van der Waals surface area contributed by atoms with E-state index in [1.54, 1.807) is 11.3 Å². The number of carbonyl (C=O) groups excluding carboxylic acids is 1. The Balaban J connectivity index is 2.49. The van der Waals surface area contributed by atoms with Gasteiger partial charge in [0.2, 0.25) is 6.29 Å². The van der Waals surface area contributed by atoms with Crippen LogP contribution in [0.4, 0.5) is 0 Å². The summed E-state index contributed by atoms with van der Waals surface area (Å²) >= 11 is 1.56. The predicted molar refractivity (Wildman–Crippen MR) is 50.8 cm³/mol.